The SMILES string of the molecule is C1=CC2[CH-][N+](=C1)CCCCCCCCCCC1=CN(CC=C1)CCCCCCCCCCCCC2. The summed E-state index contributed by atoms with van der Waals surface area (Å²) in [5.41, 5.74) is 1.56. The van der Waals surface area contributed by atoms with E-state index in [1.54, 1.807) is 5.57 Å². The van der Waals surface area contributed by atoms with Crippen LogP contribution in [0.5, 0.6) is 0 Å². The minimum Gasteiger partial charge on any atom is -0.373 e. The van der Waals surface area contributed by atoms with Crippen molar-refractivity contribution >= 4 is 6.21 Å². The van der Waals surface area contributed by atoms with Gasteiger partial charge in [-0.2, -0.15) is 0 Å². The monoisotopic (exact) mass is 480 g/mol. The van der Waals surface area contributed by atoms with Crippen LogP contribution >= 0.6 is 0 Å². The fourth-order valence-electron chi connectivity index (χ4n) is 5.91. The van der Waals surface area contributed by atoms with Crippen LogP contribution < -0.4 is 0 Å². The molecule has 198 valence electrons. The molecule has 0 saturated heterocycles. The molecule has 0 amide bonds. The van der Waals surface area contributed by atoms with E-state index < -0.39 is 0 Å². The summed E-state index contributed by atoms with van der Waals surface area (Å²) in [5.74, 6) is 0.665. The van der Waals surface area contributed by atoms with Crippen LogP contribution in [0.1, 0.15) is 135 Å². The molecule has 2 heteroatoms. The second-order valence-corrected chi connectivity index (χ2v) is 11.4. The number of rotatable bonds is 0. The third-order valence-corrected chi connectivity index (χ3v) is 8.15. The van der Waals surface area contributed by atoms with Gasteiger partial charge in [0.05, 0.1) is 0 Å². The van der Waals surface area contributed by atoms with E-state index in [1.165, 1.54) is 148 Å². The highest BCUT2D eigenvalue weighted by Gasteiger charge is 2.10. The van der Waals surface area contributed by atoms with Gasteiger partial charge in [0.1, 0.15) is 6.54 Å². The van der Waals surface area contributed by atoms with Gasteiger partial charge in [0.25, 0.3) is 0 Å². The van der Waals surface area contributed by atoms with Crippen molar-refractivity contribution in [2.24, 2.45) is 5.92 Å². The van der Waals surface area contributed by atoms with E-state index in [0.717, 1.165) is 6.54 Å². The molecule has 3 rings (SSSR count). The zero-order valence-corrected chi connectivity index (χ0v) is 23.0. The summed E-state index contributed by atoms with van der Waals surface area (Å²) in [4.78, 5) is 2.56. The average Bonchev–Trinajstić information content (AvgIpc) is 2.88. The normalized spacial score (nSPS) is 25.8. The van der Waals surface area contributed by atoms with Crippen LogP contribution in [0, 0.1) is 12.5 Å². The largest absolute Gasteiger partial charge is 0.373 e. The fraction of sp³-hybridized carbons (Fsp3) is 0.758. The standard InChI is InChI=1S/C33H56N2/c1-2-4-8-12-16-22-32-24-20-29-35(30-32)27-19-15-11-7-5-9-13-17-23-33-25-21-28-34(31-33)26-18-14-10-6-3-1/h20-21,24-25,29-32H,1-19,22-23,26-28H2. The highest BCUT2D eigenvalue weighted by atomic mass is 15.1. The van der Waals surface area contributed by atoms with Crippen LogP contribution in [0.2, 0.25) is 0 Å². The fourth-order valence-corrected chi connectivity index (χ4v) is 5.91. The van der Waals surface area contributed by atoms with E-state index in [0.29, 0.717) is 5.92 Å². The summed E-state index contributed by atoms with van der Waals surface area (Å²) in [6, 6.07) is 0. The molecule has 0 aromatic rings. The number of allylic oxidation sites excluding steroid dienone is 3. The quantitative estimate of drug-likeness (QED) is 0.247. The molecule has 0 radical (unpaired) electrons. The van der Waals surface area contributed by atoms with Gasteiger partial charge in [0, 0.05) is 38.5 Å². The Balaban J connectivity index is 1.34. The Labute approximate surface area is 218 Å². The van der Waals surface area contributed by atoms with Crippen LogP contribution in [0.3, 0.4) is 0 Å². The molecule has 3 heterocycles. The molecule has 3 aliphatic rings. The second-order valence-electron chi connectivity index (χ2n) is 11.4. The summed E-state index contributed by atoms with van der Waals surface area (Å²) in [5, 5.41) is 0. The Hall–Kier alpha value is -1.44. The first-order chi connectivity index (χ1) is 17.4. The highest BCUT2D eigenvalue weighted by Crippen LogP contribution is 2.20. The van der Waals surface area contributed by atoms with Crippen molar-refractivity contribution in [2.45, 2.75) is 135 Å². The van der Waals surface area contributed by atoms with Crippen LogP contribution in [0.4, 0.5) is 0 Å². The van der Waals surface area contributed by atoms with Crippen LogP contribution in [-0.4, -0.2) is 35.3 Å². The van der Waals surface area contributed by atoms with Crippen molar-refractivity contribution in [2.75, 3.05) is 19.6 Å². The van der Waals surface area contributed by atoms with Gasteiger partial charge in [-0.15, -0.1) is 6.08 Å². The molecular weight excluding hydrogens is 424 g/mol. The molecule has 0 spiro atoms. The molecule has 35 heavy (non-hydrogen) atoms. The van der Waals surface area contributed by atoms with E-state index in [-0.39, 0.29) is 0 Å². The van der Waals surface area contributed by atoms with Crippen LogP contribution in [0.15, 0.2) is 36.1 Å². The maximum Gasteiger partial charge on any atom is 0.115 e. The molecule has 0 saturated carbocycles. The van der Waals surface area contributed by atoms with Crippen molar-refractivity contribution in [1.29, 1.82) is 0 Å². The smallest absolute Gasteiger partial charge is 0.115 e. The Bertz CT molecular complexity index is 656. The molecule has 0 aromatic carbocycles. The molecule has 2 nitrogen and oxygen atoms in total. The van der Waals surface area contributed by atoms with Crippen molar-refractivity contribution < 1.29 is 4.58 Å². The van der Waals surface area contributed by atoms with E-state index in [4.69, 9.17) is 0 Å². The predicted molar refractivity (Wildman–Crippen MR) is 154 cm³/mol. The minimum atomic E-state index is 0.665. The molecule has 0 N–H and O–H groups in total. The van der Waals surface area contributed by atoms with Gasteiger partial charge in [-0.1, -0.05) is 121 Å². The molecule has 0 aromatic heterocycles. The first-order valence-electron chi connectivity index (χ1n) is 15.6. The maximum absolute atomic E-state index is 2.56. The molecule has 0 fully saturated rings. The first-order valence-corrected chi connectivity index (χ1v) is 15.6. The van der Waals surface area contributed by atoms with Crippen molar-refractivity contribution in [3.05, 3.63) is 42.6 Å². The number of nitrogens with zero attached hydrogens (tertiary/aromatic N) is 2. The summed E-state index contributed by atoms with van der Waals surface area (Å²) >= 11 is 0. The predicted octanol–water partition coefficient (Wildman–Crippen LogP) is 9.38. The van der Waals surface area contributed by atoms with Gasteiger partial charge >= 0.3 is 0 Å². The van der Waals surface area contributed by atoms with Gasteiger partial charge in [-0.25, -0.2) is 0 Å². The lowest BCUT2D eigenvalue weighted by atomic mass is 9.97. The van der Waals surface area contributed by atoms with E-state index >= 15 is 0 Å². The maximum atomic E-state index is 2.56. The van der Waals surface area contributed by atoms with E-state index in [9.17, 15) is 0 Å². The third-order valence-electron chi connectivity index (χ3n) is 8.15. The number of fused-ring (bicyclic) bond motifs is 3. The summed E-state index contributed by atoms with van der Waals surface area (Å²) in [6.45, 7) is 6.07. The Morgan fingerprint density at radius 1 is 0.686 bits per heavy atom. The van der Waals surface area contributed by atoms with E-state index in [2.05, 4.69) is 52.7 Å². The Morgan fingerprint density at radius 3 is 2.00 bits per heavy atom. The summed E-state index contributed by atoms with van der Waals surface area (Å²) in [7, 11) is 0. The number of hydrogen-bond acceptors (Lipinski definition) is 1. The van der Waals surface area contributed by atoms with Crippen molar-refractivity contribution in [1.82, 2.24) is 4.90 Å². The van der Waals surface area contributed by atoms with E-state index in [1.807, 2.05) is 0 Å². The van der Waals surface area contributed by atoms with Gasteiger partial charge in [-0.05, 0) is 37.2 Å². The van der Waals surface area contributed by atoms with Crippen molar-refractivity contribution in [3.63, 3.8) is 0 Å². The lowest BCUT2D eigenvalue weighted by Crippen LogP contribution is -2.21. The number of hydrogen-bond donors (Lipinski definition) is 0. The van der Waals surface area contributed by atoms with Crippen molar-refractivity contribution in [3.8, 4) is 0 Å². The lowest BCUT2D eigenvalue weighted by Gasteiger charge is -2.23. The molecular formula is C33H56N2. The molecule has 1 unspecified atom stereocenters. The zero-order valence-electron chi connectivity index (χ0n) is 23.0. The minimum absolute atomic E-state index is 0.665. The zero-order chi connectivity index (χ0) is 24.2. The van der Waals surface area contributed by atoms with Crippen LogP contribution in [-0.2, 0) is 0 Å². The third kappa shape index (κ3) is 13.4. The summed E-state index contributed by atoms with van der Waals surface area (Å²) in [6.07, 6.45) is 43.7. The first kappa shape index (κ1) is 28.1. The Morgan fingerprint density at radius 2 is 1.29 bits per heavy atom. The van der Waals surface area contributed by atoms with Gasteiger partial charge in [0.15, 0.2) is 0 Å². The van der Waals surface area contributed by atoms with Crippen LogP contribution in [0.25, 0.3) is 0 Å². The average molecular weight is 481 g/mol. The molecule has 1 atom stereocenters. The Kier molecular flexibility index (Phi) is 15.1. The molecule has 4 bridgehead atoms. The van der Waals surface area contributed by atoms with Gasteiger partial charge < -0.3 is 9.48 Å². The summed E-state index contributed by atoms with van der Waals surface area (Å²) < 4.78 is 2.47. The van der Waals surface area contributed by atoms with Gasteiger partial charge in [-0.3, -0.25) is 0 Å². The lowest BCUT2D eigenvalue weighted by molar-refractivity contribution is -0.489. The topological polar surface area (TPSA) is 6.25 Å². The second kappa shape index (κ2) is 18.8. The highest BCUT2D eigenvalue weighted by molar-refractivity contribution is 5.67. The molecule has 0 aliphatic carbocycles. The van der Waals surface area contributed by atoms with Gasteiger partial charge in [0.2, 0.25) is 0 Å². The molecule has 3 aliphatic heterocycles.